The molecule has 1 unspecified atom stereocenters. The van der Waals surface area contributed by atoms with Crippen LogP contribution in [0.25, 0.3) is 0 Å². The number of para-hydroxylation sites is 1. The predicted molar refractivity (Wildman–Crippen MR) is 77.6 cm³/mol. The number of hydrogen-bond acceptors (Lipinski definition) is 6. The molecular weight excluding hydrogens is 274 g/mol. The molecule has 6 nitrogen and oxygen atoms in total. The molecule has 2 rings (SSSR count). The van der Waals surface area contributed by atoms with Gasteiger partial charge >= 0.3 is 0 Å². The molecule has 0 spiro atoms. The second-order valence-corrected chi connectivity index (χ2v) is 4.71. The highest BCUT2D eigenvalue weighted by molar-refractivity contribution is 5.48. The first-order chi connectivity index (χ1) is 10.3. The van der Waals surface area contributed by atoms with E-state index in [9.17, 15) is 5.11 Å². The van der Waals surface area contributed by atoms with Crippen LogP contribution in [0.15, 0.2) is 18.2 Å². The number of hydrogen-bond donors (Lipinski definition) is 2. The monoisotopic (exact) mass is 297 g/mol. The maximum atomic E-state index is 9.79. The summed E-state index contributed by atoms with van der Waals surface area (Å²) >= 11 is 0. The third-order valence-electron chi connectivity index (χ3n) is 3.06. The molecule has 21 heavy (non-hydrogen) atoms. The lowest BCUT2D eigenvalue weighted by molar-refractivity contribution is 0.00641. The molecule has 0 radical (unpaired) electrons. The van der Waals surface area contributed by atoms with Gasteiger partial charge in [0.25, 0.3) is 0 Å². The zero-order valence-corrected chi connectivity index (χ0v) is 12.3. The molecular formula is C15H23NO5. The van der Waals surface area contributed by atoms with Crippen LogP contribution in [0.2, 0.25) is 0 Å². The SMILES string of the molecule is CCOCCOCC(O)CNCc1cccc2c1OCO2. The summed E-state index contributed by atoms with van der Waals surface area (Å²) in [6.07, 6.45) is -0.541. The number of aliphatic hydroxyl groups excluding tert-OH is 1. The van der Waals surface area contributed by atoms with Gasteiger partial charge < -0.3 is 29.4 Å². The van der Waals surface area contributed by atoms with E-state index in [1.807, 2.05) is 25.1 Å². The Morgan fingerprint density at radius 2 is 2.14 bits per heavy atom. The van der Waals surface area contributed by atoms with Gasteiger partial charge in [0.1, 0.15) is 0 Å². The number of ether oxygens (including phenoxy) is 4. The van der Waals surface area contributed by atoms with Crippen LogP contribution in [0.4, 0.5) is 0 Å². The zero-order chi connectivity index (χ0) is 14.9. The molecule has 1 atom stereocenters. The van der Waals surface area contributed by atoms with Crippen molar-refractivity contribution in [2.45, 2.75) is 19.6 Å². The van der Waals surface area contributed by atoms with Crippen molar-refractivity contribution in [2.24, 2.45) is 0 Å². The minimum Gasteiger partial charge on any atom is -0.454 e. The normalized spacial score (nSPS) is 14.4. The number of aliphatic hydroxyl groups is 1. The lowest BCUT2D eigenvalue weighted by Gasteiger charge is -2.13. The van der Waals surface area contributed by atoms with E-state index in [-0.39, 0.29) is 6.79 Å². The quantitative estimate of drug-likeness (QED) is 0.626. The van der Waals surface area contributed by atoms with Gasteiger partial charge in [0.15, 0.2) is 11.5 Å². The second-order valence-electron chi connectivity index (χ2n) is 4.71. The number of rotatable bonds is 10. The van der Waals surface area contributed by atoms with Crippen LogP contribution in [0.5, 0.6) is 11.5 Å². The molecule has 1 heterocycles. The molecule has 1 aromatic rings. The summed E-state index contributed by atoms with van der Waals surface area (Å²) in [5, 5.41) is 13.0. The van der Waals surface area contributed by atoms with Gasteiger partial charge in [0.05, 0.1) is 25.9 Å². The van der Waals surface area contributed by atoms with Crippen LogP contribution >= 0.6 is 0 Å². The molecule has 0 aliphatic carbocycles. The molecule has 6 heteroatoms. The minimum absolute atomic E-state index is 0.267. The van der Waals surface area contributed by atoms with E-state index in [0.717, 1.165) is 17.1 Å². The van der Waals surface area contributed by atoms with Crippen molar-refractivity contribution >= 4 is 0 Å². The topological polar surface area (TPSA) is 69.2 Å². The Morgan fingerprint density at radius 3 is 3.00 bits per heavy atom. The molecule has 0 bridgehead atoms. The minimum atomic E-state index is -0.541. The number of benzene rings is 1. The van der Waals surface area contributed by atoms with E-state index in [1.165, 1.54) is 0 Å². The Hall–Kier alpha value is -1.34. The maximum absolute atomic E-state index is 9.79. The molecule has 0 aromatic heterocycles. The highest BCUT2D eigenvalue weighted by atomic mass is 16.7. The fourth-order valence-electron chi connectivity index (χ4n) is 2.04. The molecule has 0 fully saturated rings. The van der Waals surface area contributed by atoms with Crippen LogP contribution in [0, 0.1) is 0 Å². The van der Waals surface area contributed by atoms with Crippen molar-refractivity contribution < 1.29 is 24.1 Å². The van der Waals surface area contributed by atoms with Gasteiger partial charge in [0.2, 0.25) is 6.79 Å². The standard InChI is InChI=1S/C15H23NO5/c1-2-18-6-7-19-10-13(17)9-16-8-12-4-3-5-14-15(12)21-11-20-14/h3-5,13,16-17H,2,6-11H2,1H3. The Morgan fingerprint density at radius 1 is 1.29 bits per heavy atom. The van der Waals surface area contributed by atoms with Crippen LogP contribution in [-0.4, -0.2) is 51.0 Å². The predicted octanol–water partition coefficient (Wildman–Crippen LogP) is 0.919. The van der Waals surface area contributed by atoms with Crippen LogP contribution in [0.1, 0.15) is 12.5 Å². The summed E-state index contributed by atoms with van der Waals surface area (Å²) in [6.45, 7) is 5.32. The van der Waals surface area contributed by atoms with E-state index in [1.54, 1.807) is 0 Å². The van der Waals surface area contributed by atoms with Gasteiger partial charge in [0, 0.05) is 25.3 Å². The van der Waals surface area contributed by atoms with E-state index in [4.69, 9.17) is 18.9 Å². The van der Waals surface area contributed by atoms with Crippen molar-refractivity contribution in [1.29, 1.82) is 0 Å². The van der Waals surface area contributed by atoms with Crippen molar-refractivity contribution in [3.05, 3.63) is 23.8 Å². The molecule has 0 saturated carbocycles. The van der Waals surface area contributed by atoms with Gasteiger partial charge in [-0.25, -0.2) is 0 Å². The van der Waals surface area contributed by atoms with Crippen molar-refractivity contribution in [1.82, 2.24) is 5.32 Å². The average Bonchev–Trinajstić information content (AvgIpc) is 2.96. The molecule has 0 amide bonds. The van der Waals surface area contributed by atoms with E-state index in [0.29, 0.717) is 39.5 Å². The summed E-state index contributed by atoms with van der Waals surface area (Å²) in [5.74, 6) is 1.56. The lowest BCUT2D eigenvalue weighted by Crippen LogP contribution is -2.30. The maximum Gasteiger partial charge on any atom is 0.231 e. The molecule has 1 aliphatic rings. The Balaban J connectivity index is 1.62. The smallest absolute Gasteiger partial charge is 0.231 e. The summed E-state index contributed by atoms with van der Waals surface area (Å²) in [5.41, 5.74) is 1.02. The molecule has 1 aromatic carbocycles. The highest BCUT2D eigenvalue weighted by Gasteiger charge is 2.16. The van der Waals surface area contributed by atoms with Crippen LogP contribution in [0.3, 0.4) is 0 Å². The average molecular weight is 297 g/mol. The summed E-state index contributed by atoms with van der Waals surface area (Å²) < 4.78 is 21.2. The summed E-state index contributed by atoms with van der Waals surface area (Å²) in [7, 11) is 0. The van der Waals surface area contributed by atoms with Gasteiger partial charge in [-0.3, -0.25) is 0 Å². The first kappa shape index (κ1) is 16.0. The number of nitrogens with one attached hydrogen (secondary N) is 1. The van der Waals surface area contributed by atoms with E-state index >= 15 is 0 Å². The fraction of sp³-hybridized carbons (Fsp3) is 0.600. The third kappa shape index (κ3) is 5.17. The summed E-state index contributed by atoms with van der Waals surface area (Å²) in [6, 6.07) is 5.79. The Labute approximate surface area is 125 Å². The first-order valence-corrected chi connectivity index (χ1v) is 7.23. The largest absolute Gasteiger partial charge is 0.454 e. The zero-order valence-electron chi connectivity index (χ0n) is 12.3. The van der Waals surface area contributed by atoms with Crippen molar-refractivity contribution in [3.63, 3.8) is 0 Å². The molecule has 1 aliphatic heterocycles. The van der Waals surface area contributed by atoms with Crippen LogP contribution in [-0.2, 0) is 16.0 Å². The second kappa shape index (κ2) is 8.84. The van der Waals surface area contributed by atoms with Crippen molar-refractivity contribution in [2.75, 3.05) is 39.8 Å². The van der Waals surface area contributed by atoms with Gasteiger partial charge in [-0.2, -0.15) is 0 Å². The fourth-order valence-corrected chi connectivity index (χ4v) is 2.04. The first-order valence-electron chi connectivity index (χ1n) is 7.23. The molecule has 118 valence electrons. The van der Waals surface area contributed by atoms with Gasteiger partial charge in [-0.05, 0) is 13.0 Å². The van der Waals surface area contributed by atoms with Gasteiger partial charge in [-0.1, -0.05) is 12.1 Å². The molecule has 0 saturated heterocycles. The summed E-state index contributed by atoms with van der Waals surface area (Å²) in [4.78, 5) is 0. The van der Waals surface area contributed by atoms with Crippen LogP contribution < -0.4 is 14.8 Å². The molecule has 2 N–H and O–H groups in total. The Bertz CT molecular complexity index is 427. The highest BCUT2D eigenvalue weighted by Crippen LogP contribution is 2.35. The van der Waals surface area contributed by atoms with E-state index < -0.39 is 6.10 Å². The number of fused-ring (bicyclic) bond motifs is 1. The third-order valence-corrected chi connectivity index (χ3v) is 3.06. The Kier molecular flexibility index (Phi) is 6.75. The van der Waals surface area contributed by atoms with Gasteiger partial charge in [-0.15, -0.1) is 0 Å². The van der Waals surface area contributed by atoms with Crippen molar-refractivity contribution in [3.8, 4) is 11.5 Å². The van der Waals surface area contributed by atoms with E-state index in [2.05, 4.69) is 5.32 Å². The lowest BCUT2D eigenvalue weighted by atomic mass is 10.2.